The van der Waals surface area contributed by atoms with Crippen LogP contribution in [0, 0.1) is 19.3 Å². The van der Waals surface area contributed by atoms with Gasteiger partial charge in [0.25, 0.3) is 0 Å². The Hall–Kier alpha value is -2.71. The second-order valence-electron chi connectivity index (χ2n) is 8.22. The maximum absolute atomic E-state index is 6.92. The first-order chi connectivity index (χ1) is 17.0. The molecule has 196 valence electrons. The average Bonchev–Trinajstić information content (AvgIpc) is 2.87. The van der Waals surface area contributed by atoms with Crippen molar-refractivity contribution in [3.8, 4) is 5.88 Å². The second kappa shape index (κ2) is 17.7. The lowest BCUT2D eigenvalue weighted by molar-refractivity contribution is 0.0320. The molecule has 0 spiro atoms. The molecule has 2 aromatic heterocycles. The fourth-order valence-electron chi connectivity index (χ4n) is 3.51. The summed E-state index contributed by atoms with van der Waals surface area (Å²) in [6.45, 7) is 19.5. The third-order valence-corrected chi connectivity index (χ3v) is 5.46. The van der Waals surface area contributed by atoms with Gasteiger partial charge in [-0.05, 0) is 43.9 Å². The highest BCUT2D eigenvalue weighted by atomic mass is 16.5. The quantitative estimate of drug-likeness (QED) is 0.469. The number of hydrogen-bond acceptors (Lipinski definition) is 8. The molecule has 1 fully saturated rings. The van der Waals surface area contributed by atoms with E-state index in [4.69, 9.17) is 20.6 Å². The molecule has 0 bridgehead atoms. The Morgan fingerprint density at radius 3 is 2.31 bits per heavy atom. The summed E-state index contributed by atoms with van der Waals surface area (Å²) in [5.41, 5.74) is 10.1. The van der Waals surface area contributed by atoms with Crippen LogP contribution < -0.4 is 15.4 Å². The summed E-state index contributed by atoms with van der Waals surface area (Å²) in [5.74, 6) is 1.13. The van der Waals surface area contributed by atoms with Gasteiger partial charge in [0.15, 0.2) is 0 Å². The summed E-state index contributed by atoms with van der Waals surface area (Å²) < 4.78 is 11.2. The van der Waals surface area contributed by atoms with E-state index in [-0.39, 0.29) is 0 Å². The van der Waals surface area contributed by atoms with E-state index in [1.807, 2.05) is 45.9 Å². The lowest BCUT2D eigenvalue weighted by Gasteiger charge is -2.26. The Kier molecular flexibility index (Phi) is 15.3. The number of pyridine rings is 2. The van der Waals surface area contributed by atoms with Crippen LogP contribution in [0.5, 0.6) is 5.88 Å². The highest BCUT2D eigenvalue weighted by Gasteiger charge is 2.12. The van der Waals surface area contributed by atoms with Crippen molar-refractivity contribution in [2.24, 2.45) is 0 Å². The Labute approximate surface area is 212 Å². The van der Waals surface area contributed by atoms with Gasteiger partial charge in [-0.15, -0.1) is 0 Å². The van der Waals surface area contributed by atoms with Crippen LogP contribution in [-0.2, 0) is 4.74 Å². The van der Waals surface area contributed by atoms with Gasteiger partial charge in [0.2, 0.25) is 5.88 Å². The number of rotatable bonds is 10. The molecule has 0 unspecified atom stereocenters. The van der Waals surface area contributed by atoms with E-state index in [1.165, 1.54) is 17.3 Å². The zero-order valence-electron chi connectivity index (χ0n) is 22.6. The van der Waals surface area contributed by atoms with Gasteiger partial charge < -0.3 is 25.5 Å². The molecule has 1 aliphatic heterocycles. The largest absolute Gasteiger partial charge is 0.476 e. The Morgan fingerprint density at radius 1 is 1.09 bits per heavy atom. The van der Waals surface area contributed by atoms with Crippen LogP contribution in [0.15, 0.2) is 24.4 Å². The van der Waals surface area contributed by atoms with Crippen molar-refractivity contribution in [3.63, 3.8) is 0 Å². The van der Waals surface area contributed by atoms with Crippen LogP contribution in [0.1, 0.15) is 57.4 Å². The van der Waals surface area contributed by atoms with Crippen molar-refractivity contribution in [1.82, 2.24) is 14.9 Å². The van der Waals surface area contributed by atoms with Gasteiger partial charge in [-0.3, -0.25) is 9.88 Å². The molecule has 2 aromatic rings. The van der Waals surface area contributed by atoms with Crippen molar-refractivity contribution < 1.29 is 9.47 Å². The molecule has 0 atom stereocenters. The molecule has 35 heavy (non-hydrogen) atoms. The molecule has 1 aliphatic rings. The molecule has 3 rings (SSSR count). The van der Waals surface area contributed by atoms with Crippen molar-refractivity contribution in [3.05, 3.63) is 41.2 Å². The van der Waals surface area contributed by atoms with E-state index in [0.717, 1.165) is 70.2 Å². The van der Waals surface area contributed by atoms with Crippen molar-refractivity contribution in [1.29, 1.82) is 5.41 Å². The number of aromatic nitrogens is 2. The third kappa shape index (κ3) is 11.5. The number of nitrogens with one attached hydrogen (secondary N) is 1. The molecule has 0 saturated carbocycles. The van der Waals surface area contributed by atoms with E-state index in [0.29, 0.717) is 18.3 Å². The smallest absolute Gasteiger partial charge is 0.217 e. The maximum atomic E-state index is 6.92. The van der Waals surface area contributed by atoms with Gasteiger partial charge in [-0.2, -0.15) is 4.98 Å². The number of nitrogens with zero attached hydrogens (tertiary/aromatic N) is 4. The highest BCUT2D eigenvalue weighted by Crippen LogP contribution is 2.23. The molecule has 3 N–H and O–H groups in total. The van der Waals surface area contributed by atoms with Gasteiger partial charge in [0.1, 0.15) is 12.4 Å². The molecular formula is C27H46N6O2. The SMILES string of the molecule is CC.CCCN(CCC)c1cc(N)nc(OCCN2CCOCC2)c1.Cc1cnc(C=N)cc1C. The van der Waals surface area contributed by atoms with Crippen molar-refractivity contribution in [2.45, 2.75) is 54.4 Å². The molecular weight excluding hydrogens is 440 g/mol. The summed E-state index contributed by atoms with van der Waals surface area (Å²) in [4.78, 5) is 13.0. The lowest BCUT2D eigenvalue weighted by atomic mass is 10.1. The van der Waals surface area contributed by atoms with Crippen LogP contribution in [0.2, 0.25) is 0 Å². The summed E-state index contributed by atoms with van der Waals surface area (Å²) in [6, 6.07) is 5.84. The Bertz CT molecular complexity index is 850. The van der Waals surface area contributed by atoms with E-state index in [9.17, 15) is 0 Å². The summed E-state index contributed by atoms with van der Waals surface area (Å²) in [5, 5.41) is 6.92. The number of nitrogen functional groups attached to an aromatic ring is 1. The van der Waals surface area contributed by atoms with Crippen molar-refractivity contribution >= 4 is 17.7 Å². The first kappa shape index (κ1) is 30.3. The minimum absolute atomic E-state index is 0.515. The molecule has 0 amide bonds. The van der Waals surface area contributed by atoms with Crippen molar-refractivity contribution in [2.75, 3.05) is 63.2 Å². The molecule has 8 heteroatoms. The highest BCUT2D eigenvalue weighted by molar-refractivity contribution is 5.74. The maximum Gasteiger partial charge on any atom is 0.217 e. The van der Waals surface area contributed by atoms with Crippen LogP contribution in [0.25, 0.3) is 0 Å². The van der Waals surface area contributed by atoms with Crippen LogP contribution >= 0.6 is 0 Å². The first-order valence-corrected chi connectivity index (χ1v) is 12.9. The van der Waals surface area contributed by atoms with Gasteiger partial charge >= 0.3 is 0 Å². The number of aryl methyl sites for hydroxylation is 2. The minimum Gasteiger partial charge on any atom is -0.476 e. The monoisotopic (exact) mass is 486 g/mol. The average molecular weight is 487 g/mol. The normalized spacial score (nSPS) is 13.1. The van der Waals surface area contributed by atoms with E-state index >= 15 is 0 Å². The zero-order chi connectivity index (χ0) is 26.1. The van der Waals surface area contributed by atoms with Crippen LogP contribution in [0.3, 0.4) is 0 Å². The summed E-state index contributed by atoms with van der Waals surface area (Å²) in [6.07, 6.45) is 5.26. The number of anilines is 2. The molecule has 8 nitrogen and oxygen atoms in total. The van der Waals surface area contributed by atoms with Gasteiger partial charge in [0, 0.05) is 63.0 Å². The van der Waals surface area contributed by atoms with E-state index in [1.54, 1.807) is 6.20 Å². The minimum atomic E-state index is 0.515. The Balaban J connectivity index is 0.000000425. The zero-order valence-corrected chi connectivity index (χ0v) is 22.6. The topological polar surface area (TPSA) is 101 Å². The molecule has 3 heterocycles. The van der Waals surface area contributed by atoms with Crippen LogP contribution in [-0.4, -0.2) is 73.6 Å². The van der Waals surface area contributed by atoms with Gasteiger partial charge in [0.05, 0.1) is 18.9 Å². The van der Waals surface area contributed by atoms with Gasteiger partial charge in [-0.1, -0.05) is 27.7 Å². The van der Waals surface area contributed by atoms with Gasteiger partial charge in [-0.25, -0.2) is 0 Å². The first-order valence-electron chi connectivity index (χ1n) is 12.9. The molecule has 0 radical (unpaired) electrons. The standard InChI is InChI=1S/C17H30N4O2.C8H10N2.C2H6/c1-3-5-21(6-4-2)15-13-16(18)19-17(14-15)23-12-9-20-7-10-22-11-8-20;1-6-3-8(4-9)10-5-7(6)2;1-2/h13-14H,3-12H2,1-2H3,(H2,18,19);3-5,9H,1-2H3;1-2H3. The van der Waals surface area contributed by atoms with Crippen LogP contribution in [0.4, 0.5) is 11.5 Å². The number of hydrogen-bond donors (Lipinski definition) is 2. The Morgan fingerprint density at radius 2 is 1.74 bits per heavy atom. The third-order valence-electron chi connectivity index (χ3n) is 5.46. The summed E-state index contributed by atoms with van der Waals surface area (Å²) in [7, 11) is 0. The molecule has 0 aliphatic carbocycles. The molecule has 1 saturated heterocycles. The predicted octanol–water partition coefficient (Wildman–Crippen LogP) is 4.72. The number of nitrogens with two attached hydrogens (primary N) is 1. The lowest BCUT2D eigenvalue weighted by Crippen LogP contribution is -2.38. The number of morpholine rings is 1. The van der Waals surface area contributed by atoms with E-state index in [2.05, 4.69) is 33.6 Å². The summed E-state index contributed by atoms with van der Waals surface area (Å²) >= 11 is 0. The second-order valence-corrected chi connectivity index (χ2v) is 8.22. The molecule has 0 aromatic carbocycles. The fourth-order valence-corrected chi connectivity index (χ4v) is 3.51. The fraction of sp³-hybridized carbons (Fsp3) is 0.593. The predicted molar refractivity (Wildman–Crippen MR) is 147 cm³/mol. The van der Waals surface area contributed by atoms with E-state index < -0.39 is 0 Å². The number of ether oxygens (including phenoxy) is 2.